The van der Waals surface area contributed by atoms with Gasteiger partial charge in [0.05, 0.1) is 10.6 Å². The molecule has 0 fully saturated rings. The molecule has 1 rings (SSSR count). The number of urea groups is 1. The van der Waals surface area contributed by atoms with Crippen molar-refractivity contribution in [2.24, 2.45) is 11.8 Å². The van der Waals surface area contributed by atoms with Crippen LogP contribution >= 0.6 is 11.6 Å². The summed E-state index contributed by atoms with van der Waals surface area (Å²) in [6.07, 6.45) is 0. The molecule has 6 heteroatoms. The van der Waals surface area contributed by atoms with Gasteiger partial charge < -0.3 is 15.7 Å². The zero-order chi connectivity index (χ0) is 15.3. The van der Waals surface area contributed by atoms with Crippen molar-refractivity contribution in [2.75, 3.05) is 11.9 Å². The summed E-state index contributed by atoms with van der Waals surface area (Å²) in [5.41, 5.74) is 0.349. The molecule has 0 saturated heterocycles. The topological polar surface area (TPSA) is 78.4 Å². The molecule has 1 unspecified atom stereocenters. The van der Waals surface area contributed by atoms with Gasteiger partial charge in [0.2, 0.25) is 0 Å². The molecule has 1 aromatic rings. The predicted molar refractivity (Wildman–Crippen MR) is 79.4 cm³/mol. The second-order valence-electron chi connectivity index (χ2n) is 5.06. The van der Waals surface area contributed by atoms with E-state index in [1.807, 2.05) is 0 Å². The van der Waals surface area contributed by atoms with Crippen LogP contribution in [0.1, 0.15) is 31.1 Å². The predicted octanol–water partition coefficient (Wildman–Crippen LogP) is 3.45. The Morgan fingerprint density at radius 3 is 2.50 bits per heavy atom. The number of halogens is 1. The summed E-state index contributed by atoms with van der Waals surface area (Å²) in [7, 11) is 0. The Bertz CT molecular complexity index is 503. The fourth-order valence-electron chi connectivity index (χ4n) is 1.43. The lowest BCUT2D eigenvalue weighted by molar-refractivity contribution is 0.0697. The van der Waals surface area contributed by atoms with Gasteiger partial charge >= 0.3 is 12.0 Å². The van der Waals surface area contributed by atoms with Gasteiger partial charge in [-0.2, -0.15) is 0 Å². The molecule has 0 radical (unpaired) electrons. The number of carbonyl (C=O) groups is 2. The molecule has 0 aliphatic rings. The van der Waals surface area contributed by atoms with E-state index in [0.717, 1.165) is 0 Å². The number of nitrogens with one attached hydrogen (secondary N) is 2. The summed E-state index contributed by atoms with van der Waals surface area (Å²) in [5.74, 6) is -0.294. The molecule has 1 atom stereocenters. The number of rotatable bonds is 5. The summed E-state index contributed by atoms with van der Waals surface area (Å²) >= 11 is 5.76. The number of benzene rings is 1. The first kappa shape index (κ1) is 16.3. The summed E-state index contributed by atoms with van der Waals surface area (Å²) in [6, 6.07) is 3.96. The summed E-state index contributed by atoms with van der Waals surface area (Å²) < 4.78 is 0. The van der Waals surface area contributed by atoms with E-state index in [9.17, 15) is 9.59 Å². The monoisotopic (exact) mass is 298 g/mol. The van der Waals surface area contributed by atoms with Crippen LogP contribution in [-0.4, -0.2) is 23.7 Å². The molecule has 0 aliphatic carbocycles. The number of hydrogen-bond donors (Lipinski definition) is 3. The van der Waals surface area contributed by atoms with E-state index in [-0.39, 0.29) is 16.6 Å². The van der Waals surface area contributed by atoms with Gasteiger partial charge in [0.25, 0.3) is 0 Å². The molecule has 0 aliphatic heterocycles. The van der Waals surface area contributed by atoms with Crippen molar-refractivity contribution >= 4 is 29.3 Å². The second kappa shape index (κ2) is 7.14. The Morgan fingerprint density at radius 2 is 1.95 bits per heavy atom. The maximum absolute atomic E-state index is 11.7. The number of carboxylic acids is 1. The van der Waals surface area contributed by atoms with E-state index in [4.69, 9.17) is 16.7 Å². The van der Waals surface area contributed by atoms with E-state index in [1.54, 1.807) is 6.07 Å². The highest BCUT2D eigenvalue weighted by molar-refractivity contribution is 6.33. The second-order valence-corrected chi connectivity index (χ2v) is 5.46. The minimum Gasteiger partial charge on any atom is -0.478 e. The number of carboxylic acid groups (broad SMARTS) is 1. The third-order valence-electron chi connectivity index (χ3n) is 3.18. The van der Waals surface area contributed by atoms with Crippen molar-refractivity contribution in [3.63, 3.8) is 0 Å². The number of amides is 2. The normalized spacial score (nSPS) is 12.1. The average Bonchev–Trinajstić information content (AvgIpc) is 2.37. The Labute approximate surface area is 123 Å². The molecule has 0 spiro atoms. The van der Waals surface area contributed by atoms with Gasteiger partial charge in [-0.15, -0.1) is 0 Å². The SMILES string of the molecule is CC(C)C(C)CNC(=O)Nc1ccc(Cl)c(C(=O)O)c1. The maximum Gasteiger partial charge on any atom is 0.337 e. The van der Waals surface area contributed by atoms with Gasteiger partial charge in [0.15, 0.2) is 0 Å². The minimum atomic E-state index is -1.13. The highest BCUT2D eigenvalue weighted by Crippen LogP contribution is 2.20. The standard InChI is InChI=1S/C14H19ClN2O3/c1-8(2)9(3)7-16-14(20)17-10-4-5-12(15)11(6-10)13(18)19/h4-6,8-9H,7H2,1-3H3,(H,18,19)(H2,16,17,20). The maximum atomic E-state index is 11.7. The van der Waals surface area contributed by atoms with Crippen molar-refractivity contribution in [1.29, 1.82) is 0 Å². The summed E-state index contributed by atoms with van der Waals surface area (Å²) in [5, 5.41) is 14.4. The van der Waals surface area contributed by atoms with Crippen LogP contribution in [0.4, 0.5) is 10.5 Å². The van der Waals surface area contributed by atoms with Gasteiger partial charge in [-0.05, 0) is 30.0 Å². The number of anilines is 1. The van der Waals surface area contributed by atoms with E-state index in [2.05, 4.69) is 31.4 Å². The zero-order valence-corrected chi connectivity index (χ0v) is 12.5. The van der Waals surface area contributed by atoms with Gasteiger partial charge in [-0.25, -0.2) is 9.59 Å². The van der Waals surface area contributed by atoms with Crippen molar-refractivity contribution in [3.8, 4) is 0 Å². The van der Waals surface area contributed by atoms with Crippen LogP contribution in [0, 0.1) is 11.8 Å². The van der Waals surface area contributed by atoms with Crippen LogP contribution in [0.15, 0.2) is 18.2 Å². The van der Waals surface area contributed by atoms with E-state index < -0.39 is 5.97 Å². The van der Waals surface area contributed by atoms with Crippen LogP contribution in [0.5, 0.6) is 0 Å². The molecule has 5 nitrogen and oxygen atoms in total. The van der Waals surface area contributed by atoms with Crippen LogP contribution < -0.4 is 10.6 Å². The van der Waals surface area contributed by atoms with Crippen LogP contribution in [-0.2, 0) is 0 Å². The fourth-order valence-corrected chi connectivity index (χ4v) is 1.63. The van der Waals surface area contributed by atoms with Gasteiger partial charge in [-0.1, -0.05) is 32.4 Å². The molecule has 3 N–H and O–H groups in total. The van der Waals surface area contributed by atoms with Crippen molar-refractivity contribution in [1.82, 2.24) is 5.32 Å². The van der Waals surface area contributed by atoms with Gasteiger partial charge in [-0.3, -0.25) is 0 Å². The van der Waals surface area contributed by atoms with Crippen molar-refractivity contribution in [3.05, 3.63) is 28.8 Å². The first-order chi connectivity index (χ1) is 9.31. The van der Waals surface area contributed by atoms with E-state index >= 15 is 0 Å². The first-order valence-corrected chi connectivity index (χ1v) is 6.76. The number of hydrogen-bond acceptors (Lipinski definition) is 2. The lowest BCUT2D eigenvalue weighted by atomic mass is 9.98. The molecular weight excluding hydrogens is 280 g/mol. The fraction of sp³-hybridized carbons (Fsp3) is 0.429. The minimum absolute atomic E-state index is 0.0417. The van der Waals surface area contributed by atoms with Crippen LogP contribution in [0.3, 0.4) is 0 Å². The largest absolute Gasteiger partial charge is 0.478 e. The lowest BCUT2D eigenvalue weighted by Gasteiger charge is -2.16. The average molecular weight is 299 g/mol. The Kier molecular flexibility index (Phi) is 5.82. The smallest absolute Gasteiger partial charge is 0.337 e. The first-order valence-electron chi connectivity index (χ1n) is 6.39. The van der Waals surface area contributed by atoms with Crippen molar-refractivity contribution < 1.29 is 14.7 Å². The zero-order valence-electron chi connectivity index (χ0n) is 11.7. The van der Waals surface area contributed by atoms with E-state index in [0.29, 0.717) is 24.1 Å². The summed E-state index contributed by atoms with van der Waals surface area (Å²) in [4.78, 5) is 22.6. The highest BCUT2D eigenvalue weighted by atomic mass is 35.5. The molecule has 0 aromatic heterocycles. The molecule has 0 heterocycles. The Balaban J connectivity index is 2.62. The lowest BCUT2D eigenvalue weighted by Crippen LogP contribution is -2.33. The third kappa shape index (κ3) is 4.74. The molecule has 0 saturated carbocycles. The van der Waals surface area contributed by atoms with E-state index in [1.165, 1.54) is 12.1 Å². The summed E-state index contributed by atoms with van der Waals surface area (Å²) in [6.45, 7) is 6.78. The Hall–Kier alpha value is -1.75. The molecule has 2 amide bonds. The molecular formula is C14H19ClN2O3. The van der Waals surface area contributed by atoms with Crippen LogP contribution in [0.2, 0.25) is 5.02 Å². The molecule has 1 aromatic carbocycles. The Morgan fingerprint density at radius 1 is 1.30 bits per heavy atom. The molecule has 0 bridgehead atoms. The van der Waals surface area contributed by atoms with Crippen LogP contribution in [0.25, 0.3) is 0 Å². The third-order valence-corrected chi connectivity index (χ3v) is 3.51. The van der Waals surface area contributed by atoms with Gasteiger partial charge in [0, 0.05) is 12.2 Å². The van der Waals surface area contributed by atoms with Gasteiger partial charge in [0.1, 0.15) is 0 Å². The highest BCUT2D eigenvalue weighted by Gasteiger charge is 2.12. The quantitative estimate of drug-likeness (QED) is 0.779. The van der Waals surface area contributed by atoms with Crippen molar-refractivity contribution in [2.45, 2.75) is 20.8 Å². The number of aromatic carboxylic acids is 1. The molecule has 110 valence electrons. The molecule has 20 heavy (non-hydrogen) atoms. The number of carbonyl (C=O) groups excluding carboxylic acids is 1.